The summed E-state index contributed by atoms with van der Waals surface area (Å²) >= 11 is 0. The summed E-state index contributed by atoms with van der Waals surface area (Å²) in [6, 6.07) is 14.8. The number of rotatable bonds is 2. The molecule has 3 aromatic rings. The maximum absolute atomic E-state index is 13.3. The SMILES string of the molecule is Cc1c(-c2ccccc2)oc2c(C(=O)N3CC(C)CC(C)C3)cccc2c1=O. The van der Waals surface area contributed by atoms with Gasteiger partial charge in [0.05, 0.1) is 10.9 Å². The first-order valence-corrected chi connectivity index (χ1v) is 9.86. The Bertz CT molecular complexity index is 1070. The Kier molecular flexibility index (Phi) is 4.80. The number of fused-ring (bicyclic) bond motifs is 1. The molecule has 0 aliphatic carbocycles. The van der Waals surface area contributed by atoms with Crippen LogP contribution in [0.25, 0.3) is 22.3 Å². The van der Waals surface area contributed by atoms with Crippen molar-refractivity contribution in [2.24, 2.45) is 11.8 Å². The van der Waals surface area contributed by atoms with Gasteiger partial charge in [0, 0.05) is 24.2 Å². The van der Waals surface area contributed by atoms with Crippen LogP contribution in [0.3, 0.4) is 0 Å². The van der Waals surface area contributed by atoms with Crippen molar-refractivity contribution in [2.45, 2.75) is 27.2 Å². The summed E-state index contributed by atoms with van der Waals surface area (Å²) in [7, 11) is 0. The van der Waals surface area contributed by atoms with Gasteiger partial charge in [-0.3, -0.25) is 9.59 Å². The molecule has 28 heavy (non-hydrogen) atoms. The minimum absolute atomic E-state index is 0.0602. The Hall–Kier alpha value is -2.88. The molecule has 1 aliphatic heterocycles. The van der Waals surface area contributed by atoms with E-state index in [1.165, 1.54) is 0 Å². The van der Waals surface area contributed by atoms with Crippen molar-refractivity contribution in [3.05, 3.63) is 69.9 Å². The van der Waals surface area contributed by atoms with Crippen LogP contribution in [0.15, 0.2) is 57.7 Å². The number of hydrogen-bond donors (Lipinski definition) is 0. The predicted octanol–water partition coefficient (Wildman–Crippen LogP) is 4.89. The van der Waals surface area contributed by atoms with Gasteiger partial charge in [0.15, 0.2) is 11.0 Å². The number of amides is 1. The first-order valence-electron chi connectivity index (χ1n) is 9.86. The second-order valence-electron chi connectivity index (χ2n) is 8.09. The number of benzene rings is 2. The van der Waals surface area contributed by atoms with Gasteiger partial charge in [-0.15, -0.1) is 0 Å². The number of nitrogens with zero attached hydrogens (tertiary/aromatic N) is 1. The zero-order chi connectivity index (χ0) is 19.8. The fourth-order valence-electron chi connectivity index (χ4n) is 4.34. The maximum atomic E-state index is 13.3. The molecule has 2 unspecified atom stereocenters. The molecule has 1 amide bonds. The molecule has 1 aliphatic rings. The molecule has 1 saturated heterocycles. The Morgan fingerprint density at radius 3 is 2.36 bits per heavy atom. The van der Waals surface area contributed by atoms with Crippen LogP contribution < -0.4 is 5.43 Å². The fourth-order valence-corrected chi connectivity index (χ4v) is 4.34. The molecule has 0 bridgehead atoms. The summed E-state index contributed by atoms with van der Waals surface area (Å²) in [5.41, 5.74) is 2.15. The lowest BCUT2D eigenvalue weighted by atomic mass is 9.91. The number of para-hydroxylation sites is 1. The highest BCUT2D eigenvalue weighted by molar-refractivity contribution is 6.05. The third-order valence-corrected chi connectivity index (χ3v) is 5.57. The van der Waals surface area contributed by atoms with Crippen molar-refractivity contribution in [2.75, 3.05) is 13.1 Å². The van der Waals surface area contributed by atoms with E-state index in [4.69, 9.17) is 4.42 Å². The van der Waals surface area contributed by atoms with E-state index in [-0.39, 0.29) is 11.3 Å². The molecular weight excluding hydrogens is 350 g/mol. The van der Waals surface area contributed by atoms with Crippen molar-refractivity contribution in [1.82, 2.24) is 4.90 Å². The van der Waals surface area contributed by atoms with Crippen LogP contribution in [-0.2, 0) is 0 Å². The summed E-state index contributed by atoms with van der Waals surface area (Å²) in [5, 5.41) is 0.459. The summed E-state index contributed by atoms with van der Waals surface area (Å²) in [4.78, 5) is 28.2. The van der Waals surface area contributed by atoms with Gasteiger partial charge in [-0.1, -0.05) is 50.2 Å². The Balaban J connectivity index is 1.87. The third kappa shape index (κ3) is 3.24. The Morgan fingerprint density at radius 1 is 1.00 bits per heavy atom. The van der Waals surface area contributed by atoms with Crippen molar-refractivity contribution >= 4 is 16.9 Å². The lowest BCUT2D eigenvalue weighted by molar-refractivity contribution is 0.0624. The monoisotopic (exact) mass is 375 g/mol. The van der Waals surface area contributed by atoms with Gasteiger partial charge in [0.1, 0.15) is 5.76 Å². The van der Waals surface area contributed by atoms with Crippen molar-refractivity contribution in [3.63, 3.8) is 0 Å². The summed E-state index contributed by atoms with van der Waals surface area (Å²) in [6.07, 6.45) is 1.13. The van der Waals surface area contributed by atoms with E-state index in [1.54, 1.807) is 25.1 Å². The van der Waals surface area contributed by atoms with Crippen LogP contribution in [0.1, 0.15) is 36.2 Å². The average Bonchev–Trinajstić information content (AvgIpc) is 2.69. The number of hydrogen-bond acceptors (Lipinski definition) is 3. The smallest absolute Gasteiger partial charge is 0.257 e. The molecule has 2 heterocycles. The standard InChI is InChI=1S/C24H25NO3/c1-15-12-16(2)14-25(13-15)24(27)20-11-7-10-19-21(26)17(3)22(28-23(19)20)18-8-5-4-6-9-18/h4-11,15-16H,12-14H2,1-3H3. The number of carbonyl (C=O) groups is 1. The molecular formula is C24H25NO3. The molecule has 0 radical (unpaired) electrons. The minimum Gasteiger partial charge on any atom is -0.455 e. The summed E-state index contributed by atoms with van der Waals surface area (Å²) < 4.78 is 6.21. The quantitative estimate of drug-likeness (QED) is 0.641. The number of carbonyl (C=O) groups excluding carboxylic acids is 1. The zero-order valence-corrected chi connectivity index (χ0v) is 16.6. The summed E-state index contributed by atoms with van der Waals surface area (Å²) in [5.74, 6) is 1.40. The molecule has 2 aromatic carbocycles. The topological polar surface area (TPSA) is 50.5 Å². The highest BCUT2D eigenvalue weighted by Crippen LogP contribution is 2.29. The first kappa shape index (κ1) is 18.5. The van der Waals surface area contributed by atoms with Crippen molar-refractivity contribution in [1.29, 1.82) is 0 Å². The van der Waals surface area contributed by atoms with Gasteiger partial charge in [-0.25, -0.2) is 0 Å². The maximum Gasteiger partial charge on any atom is 0.257 e. The summed E-state index contributed by atoms with van der Waals surface area (Å²) in [6.45, 7) is 7.60. The average molecular weight is 375 g/mol. The highest BCUT2D eigenvalue weighted by atomic mass is 16.3. The third-order valence-electron chi connectivity index (χ3n) is 5.57. The molecule has 1 fully saturated rings. The molecule has 4 heteroatoms. The van der Waals surface area contributed by atoms with E-state index >= 15 is 0 Å². The Labute approximate surface area is 164 Å². The number of piperidine rings is 1. The van der Waals surface area contributed by atoms with E-state index in [1.807, 2.05) is 35.2 Å². The van der Waals surface area contributed by atoms with Crippen LogP contribution in [0.2, 0.25) is 0 Å². The van der Waals surface area contributed by atoms with Gasteiger partial charge >= 0.3 is 0 Å². The van der Waals surface area contributed by atoms with Crippen LogP contribution in [0.4, 0.5) is 0 Å². The molecule has 0 N–H and O–H groups in total. The van der Waals surface area contributed by atoms with Gasteiger partial charge in [-0.2, -0.15) is 0 Å². The van der Waals surface area contributed by atoms with Crippen LogP contribution >= 0.6 is 0 Å². The largest absolute Gasteiger partial charge is 0.455 e. The minimum atomic E-state index is -0.0878. The molecule has 144 valence electrons. The van der Waals surface area contributed by atoms with E-state index in [0.717, 1.165) is 25.1 Å². The van der Waals surface area contributed by atoms with Gasteiger partial charge in [0.2, 0.25) is 0 Å². The van der Waals surface area contributed by atoms with E-state index in [9.17, 15) is 9.59 Å². The fraction of sp³-hybridized carbons (Fsp3) is 0.333. The van der Waals surface area contributed by atoms with E-state index in [0.29, 0.717) is 39.7 Å². The normalized spacial score (nSPS) is 19.8. The van der Waals surface area contributed by atoms with Crippen LogP contribution in [0, 0.1) is 18.8 Å². The molecule has 0 spiro atoms. The van der Waals surface area contributed by atoms with Gasteiger partial charge in [0.25, 0.3) is 5.91 Å². The van der Waals surface area contributed by atoms with Gasteiger partial charge in [-0.05, 0) is 37.3 Å². The molecule has 1 aromatic heterocycles. The molecule has 4 nitrogen and oxygen atoms in total. The van der Waals surface area contributed by atoms with E-state index in [2.05, 4.69) is 13.8 Å². The van der Waals surface area contributed by atoms with Crippen LogP contribution in [-0.4, -0.2) is 23.9 Å². The number of likely N-dealkylation sites (tertiary alicyclic amines) is 1. The molecule has 0 saturated carbocycles. The lowest BCUT2D eigenvalue weighted by Crippen LogP contribution is -2.42. The van der Waals surface area contributed by atoms with E-state index < -0.39 is 0 Å². The molecule has 2 atom stereocenters. The second kappa shape index (κ2) is 7.27. The predicted molar refractivity (Wildman–Crippen MR) is 112 cm³/mol. The van der Waals surface area contributed by atoms with Gasteiger partial charge < -0.3 is 9.32 Å². The molecule has 4 rings (SSSR count). The lowest BCUT2D eigenvalue weighted by Gasteiger charge is -2.35. The highest BCUT2D eigenvalue weighted by Gasteiger charge is 2.28. The zero-order valence-electron chi connectivity index (χ0n) is 16.6. The van der Waals surface area contributed by atoms with Crippen LogP contribution in [0.5, 0.6) is 0 Å². The Morgan fingerprint density at radius 2 is 1.68 bits per heavy atom. The van der Waals surface area contributed by atoms with Crippen molar-refractivity contribution in [3.8, 4) is 11.3 Å². The second-order valence-corrected chi connectivity index (χ2v) is 8.09. The first-order chi connectivity index (χ1) is 13.5. The van der Waals surface area contributed by atoms with Crippen molar-refractivity contribution < 1.29 is 9.21 Å².